The molecule has 1 aromatic heterocycles. The van der Waals surface area contributed by atoms with Crippen molar-refractivity contribution in [3.63, 3.8) is 0 Å². The zero-order chi connectivity index (χ0) is 19.9. The number of aliphatic hydroxyl groups is 1. The second-order valence-electron chi connectivity index (χ2n) is 7.01. The van der Waals surface area contributed by atoms with Crippen molar-refractivity contribution in [1.29, 1.82) is 0 Å². The largest absolute Gasteiger partial charge is 0.391 e. The van der Waals surface area contributed by atoms with E-state index in [9.17, 15) is 14.7 Å². The fraction of sp³-hybridized carbons (Fsp3) is 0.381. The molecule has 0 unspecified atom stereocenters. The molecule has 2 aromatic rings. The average Bonchev–Trinajstić information content (AvgIpc) is 3.32. The fourth-order valence-corrected chi connectivity index (χ4v) is 3.34. The number of hydrogen-bond donors (Lipinski definition) is 3. The number of aryl methyl sites for hydroxylation is 1. The van der Waals surface area contributed by atoms with Gasteiger partial charge in [0.15, 0.2) is 0 Å². The lowest BCUT2D eigenvalue weighted by Gasteiger charge is -2.14. The number of benzene rings is 1. The summed E-state index contributed by atoms with van der Waals surface area (Å²) in [6.07, 6.45) is 6.81. The monoisotopic (exact) mass is 382 g/mol. The maximum atomic E-state index is 12.4. The summed E-state index contributed by atoms with van der Waals surface area (Å²) in [5, 5.41) is 15.9. The van der Waals surface area contributed by atoms with Gasteiger partial charge in [0.1, 0.15) is 0 Å². The number of carbonyl (C=O) groups is 2. The lowest BCUT2D eigenvalue weighted by atomic mass is 10.1. The van der Waals surface area contributed by atoms with Crippen LogP contribution in [-0.4, -0.2) is 38.6 Å². The quantitative estimate of drug-likeness (QED) is 0.632. The minimum absolute atomic E-state index is 0.123. The molecule has 1 aromatic carbocycles. The molecular formula is C21H26N4O3. The first-order valence-corrected chi connectivity index (χ1v) is 9.55. The zero-order valence-corrected chi connectivity index (χ0v) is 15.9. The summed E-state index contributed by atoms with van der Waals surface area (Å²) in [4.78, 5) is 28.7. The van der Waals surface area contributed by atoms with E-state index in [1.807, 2.05) is 48.0 Å². The highest BCUT2D eigenvalue weighted by atomic mass is 16.3. The third-order valence-corrected chi connectivity index (χ3v) is 4.95. The summed E-state index contributed by atoms with van der Waals surface area (Å²) in [5.41, 5.74) is 1.72. The molecular weight excluding hydrogens is 356 g/mol. The summed E-state index contributed by atoms with van der Waals surface area (Å²) in [7, 11) is 0. The first-order chi connectivity index (χ1) is 13.5. The van der Waals surface area contributed by atoms with E-state index in [-0.39, 0.29) is 17.7 Å². The highest BCUT2D eigenvalue weighted by Crippen LogP contribution is 2.26. The number of amides is 2. The van der Waals surface area contributed by atoms with Gasteiger partial charge >= 0.3 is 0 Å². The molecule has 148 valence electrons. The Bertz CT molecular complexity index is 831. The van der Waals surface area contributed by atoms with Crippen LogP contribution in [-0.2, 0) is 22.7 Å². The van der Waals surface area contributed by atoms with E-state index in [0.29, 0.717) is 19.4 Å². The third-order valence-electron chi connectivity index (χ3n) is 4.95. The number of aliphatic hydroxyl groups excluding tert-OH is 1. The fourth-order valence-electron chi connectivity index (χ4n) is 3.34. The van der Waals surface area contributed by atoms with Gasteiger partial charge in [-0.05, 0) is 31.4 Å². The van der Waals surface area contributed by atoms with Crippen LogP contribution in [0, 0.1) is 5.92 Å². The van der Waals surface area contributed by atoms with Crippen molar-refractivity contribution in [3.05, 3.63) is 60.2 Å². The van der Waals surface area contributed by atoms with E-state index in [1.165, 1.54) is 6.08 Å². The van der Waals surface area contributed by atoms with E-state index >= 15 is 0 Å². The highest BCUT2D eigenvalue weighted by molar-refractivity contribution is 5.92. The summed E-state index contributed by atoms with van der Waals surface area (Å²) in [5.74, 6) is -0.729. The SMILES string of the molecule is CCn1cnc(CNC(=O)[C@H]2C[C@H](NC(=O)/C=C/c3ccccc3)[C@@H](O)C2)c1. The van der Waals surface area contributed by atoms with Crippen molar-refractivity contribution >= 4 is 17.9 Å². The van der Waals surface area contributed by atoms with Crippen LogP contribution in [0.15, 0.2) is 48.9 Å². The number of carbonyl (C=O) groups excluding carboxylic acids is 2. The van der Waals surface area contributed by atoms with Gasteiger partial charge in [-0.3, -0.25) is 9.59 Å². The molecule has 1 heterocycles. The number of nitrogens with zero attached hydrogens (tertiary/aromatic N) is 2. The topological polar surface area (TPSA) is 96.3 Å². The molecule has 28 heavy (non-hydrogen) atoms. The lowest BCUT2D eigenvalue weighted by molar-refractivity contribution is -0.125. The molecule has 0 radical (unpaired) electrons. The lowest BCUT2D eigenvalue weighted by Crippen LogP contribution is -2.39. The van der Waals surface area contributed by atoms with E-state index in [4.69, 9.17) is 0 Å². The van der Waals surface area contributed by atoms with Crippen LogP contribution in [0.2, 0.25) is 0 Å². The van der Waals surface area contributed by atoms with Crippen molar-refractivity contribution in [2.45, 2.75) is 45.0 Å². The standard InChI is InChI=1S/C21H26N4O3/c1-2-25-13-17(23-14-25)12-22-21(28)16-10-18(19(26)11-16)24-20(27)9-8-15-6-4-3-5-7-15/h3-9,13-14,16,18-19,26H,2,10-12H2,1H3,(H,22,28)(H,24,27)/b9-8+/t16-,18-,19-/m0/s1. The minimum Gasteiger partial charge on any atom is -0.391 e. The Hall–Kier alpha value is -2.93. The predicted molar refractivity (Wildman–Crippen MR) is 106 cm³/mol. The number of imidazole rings is 1. The molecule has 7 heteroatoms. The van der Waals surface area contributed by atoms with Crippen LogP contribution < -0.4 is 10.6 Å². The number of hydrogen-bond acceptors (Lipinski definition) is 4. The maximum Gasteiger partial charge on any atom is 0.244 e. The van der Waals surface area contributed by atoms with Crippen LogP contribution in [0.25, 0.3) is 6.08 Å². The Morgan fingerprint density at radius 3 is 2.79 bits per heavy atom. The molecule has 0 bridgehead atoms. The molecule has 0 spiro atoms. The van der Waals surface area contributed by atoms with Crippen molar-refractivity contribution < 1.29 is 14.7 Å². The van der Waals surface area contributed by atoms with E-state index < -0.39 is 12.1 Å². The van der Waals surface area contributed by atoms with E-state index in [0.717, 1.165) is 17.8 Å². The van der Waals surface area contributed by atoms with Gasteiger partial charge in [-0.1, -0.05) is 30.3 Å². The van der Waals surface area contributed by atoms with Crippen molar-refractivity contribution in [3.8, 4) is 0 Å². The molecule has 7 nitrogen and oxygen atoms in total. The van der Waals surface area contributed by atoms with Crippen LogP contribution in [0.4, 0.5) is 0 Å². The van der Waals surface area contributed by atoms with Gasteiger partial charge in [0.25, 0.3) is 0 Å². The molecule has 1 saturated carbocycles. The van der Waals surface area contributed by atoms with Gasteiger partial charge in [0.2, 0.25) is 11.8 Å². The highest BCUT2D eigenvalue weighted by Gasteiger charge is 2.37. The molecule has 3 N–H and O–H groups in total. The number of aromatic nitrogens is 2. The van der Waals surface area contributed by atoms with Crippen molar-refractivity contribution in [1.82, 2.24) is 20.2 Å². The zero-order valence-electron chi connectivity index (χ0n) is 15.9. The molecule has 3 rings (SSSR count). The smallest absolute Gasteiger partial charge is 0.244 e. The average molecular weight is 382 g/mol. The van der Waals surface area contributed by atoms with E-state index in [1.54, 1.807) is 12.4 Å². The Balaban J connectivity index is 1.47. The molecule has 1 aliphatic rings. The van der Waals surface area contributed by atoms with E-state index in [2.05, 4.69) is 15.6 Å². The Kier molecular flexibility index (Phi) is 6.60. The maximum absolute atomic E-state index is 12.4. The van der Waals surface area contributed by atoms with Gasteiger partial charge in [0.05, 0.1) is 30.7 Å². The molecule has 0 aliphatic heterocycles. The minimum atomic E-state index is -0.732. The number of rotatable bonds is 7. The van der Waals surface area contributed by atoms with Crippen molar-refractivity contribution in [2.75, 3.05) is 0 Å². The second-order valence-corrected chi connectivity index (χ2v) is 7.01. The van der Waals surface area contributed by atoms with Gasteiger partial charge < -0.3 is 20.3 Å². The van der Waals surface area contributed by atoms with Crippen LogP contribution in [0.1, 0.15) is 31.0 Å². The van der Waals surface area contributed by atoms with Crippen molar-refractivity contribution in [2.24, 2.45) is 5.92 Å². The van der Waals surface area contributed by atoms with Gasteiger partial charge in [-0.15, -0.1) is 0 Å². The van der Waals surface area contributed by atoms with Gasteiger partial charge in [-0.25, -0.2) is 4.98 Å². The van der Waals surface area contributed by atoms with Gasteiger partial charge in [0, 0.05) is 24.7 Å². The Labute approximate surface area is 164 Å². The Morgan fingerprint density at radius 2 is 2.07 bits per heavy atom. The molecule has 1 aliphatic carbocycles. The molecule has 2 amide bonds. The molecule has 1 fully saturated rings. The molecule has 3 atom stereocenters. The normalized spacial score (nSPS) is 21.7. The molecule has 0 saturated heterocycles. The Morgan fingerprint density at radius 1 is 1.29 bits per heavy atom. The second kappa shape index (κ2) is 9.32. The first kappa shape index (κ1) is 19.8. The third kappa shape index (κ3) is 5.29. The summed E-state index contributed by atoms with van der Waals surface area (Å²) in [6, 6.07) is 9.08. The first-order valence-electron chi connectivity index (χ1n) is 9.55. The van der Waals surface area contributed by atoms with Crippen LogP contribution in [0.5, 0.6) is 0 Å². The van der Waals surface area contributed by atoms with Crippen LogP contribution >= 0.6 is 0 Å². The van der Waals surface area contributed by atoms with Crippen LogP contribution in [0.3, 0.4) is 0 Å². The predicted octanol–water partition coefficient (Wildman–Crippen LogP) is 1.49. The summed E-state index contributed by atoms with van der Waals surface area (Å²) < 4.78 is 1.94. The van der Waals surface area contributed by atoms with Gasteiger partial charge in [-0.2, -0.15) is 0 Å². The summed E-state index contributed by atoms with van der Waals surface area (Å²) >= 11 is 0. The summed E-state index contributed by atoms with van der Waals surface area (Å²) in [6.45, 7) is 3.21. The number of nitrogens with one attached hydrogen (secondary N) is 2.